The molecule has 1 amide bonds. The van der Waals surface area contributed by atoms with Gasteiger partial charge in [-0.1, -0.05) is 19.4 Å². The van der Waals surface area contributed by atoms with Gasteiger partial charge in [0.25, 0.3) is 0 Å². The van der Waals surface area contributed by atoms with Gasteiger partial charge in [-0.25, -0.2) is 8.78 Å². The molecule has 1 aliphatic rings. The summed E-state index contributed by atoms with van der Waals surface area (Å²) < 4.78 is 27.0. The van der Waals surface area contributed by atoms with E-state index < -0.39 is 11.6 Å². The summed E-state index contributed by atoms with van der Waals surface area (Å²) in [7, 11) is 0. The first-order valence-corrected chi connectivity index (χ1v) is 7.54. The van der Waals surface area contributed by atoms with E-state index in [-0.39, 0.29) is 23.9 Å². The van der Waals surface area contributed by atoms with Crippen molar-refractivity contribution >= 4 is 5.91 Å². The molecule has 0 bridgehead atoms. The quantitative estimate of drug-likeness (QED) is 0.876. The lowest BCUT2D eigenvalue weighted by Gasteiger charge is -2.32. The maximum Gasteiger partial charge on any atom is 0.224 e. The summed E-state index contributed by atoms with van der Waals surface area (Å²) in [5, 5.41) is 6.18. The number of benzene rings is 1. The normalized spacial score (nSPS) is 22.0. The number of piperidine rings is 1. The van der Waals surface area contributed by atoms with Gasteiger partial charge in [0, 0.05) is 18.2 Å². The monoisotopic (exact) mass is 296 g/mol. The minimum Gasteiger partial charge on any atom is -0.354 e. The molecule has 2 N–H and O–H groups in total. The van der Waals surface area contributed by atoms with E-state index in [0.29, 0.717) is 12.5 Å². The smallest absolute Gasteiger partial charge is 0.224 e. The summed E-state index contributed by atoms with van der Waals surface area (Å²) in [6.07, 6.45) is 3.12. The Morgan fingerprint density at radius 1 is 1.38 bits per heavy atom. The molecule has 0 radical (unpaired) electrons. The molecule has 3 nitrogen and oxygen atoms in total. The molecular weight excluding hydrogens is 274 g/mol. The summed E-state index contributed by atoms with van der Waals surface area (Å²) in [5.74, 6) is -1.15. The zero-order valence-electron chi connectivity index (χ0n) is 12.3. The molecule has 0 aliphatic carbocycles. The van der Waals surface area contributed by atoms with Crippen LogP contribution in [0.25, 0.3) is 0 Å². The van der Waals surface area contributed by atoms with E-state index in [1.807, 2.05) is 0 Å². The van der Waals surface area contributed by atoms with Gasteiger partial charge in [0.1, 0.15) is 11.6 Å². The molecule has 5 heteroatoms. The highest BCUT2D eigenvalue weighted by molar-refractivity contribution is 5.78. The highest BCUT2D eigenvalue weighted by Gasteiger charge is 2.23. The molecule has 1 fully saturated rings. The van der Waals surface area contributed by atoms with Gasteiger partial charge in [0.2, 0.25) is 5.91 Å². The molecule has 116 valence electrons. The Hall–Kier alpha value is -1.49. The van der Waals surface area contributed by atoms with Gasteiger partial charge in [-0.2, -0.15) is 0 Å². The third kappa shape index (κ3) is 4.24. The molecule has 0 saturated carbocycles. The predicted octanol–water partition coefficient (Wildman–Crippen LogP) is 2.40. The average Bonchev–Trinajstić information content (AvgIpc) is 2.49. The van der Waals surface area contributed by atoms with Crippen molar-refractivity contribution in [1.29, 1.82) is 0 Å². The third-order valence-electron chi connectivity index (χ3n) is 4.17. The van der Waals surface area contributed by atoms with Gasteiger partial charge in [-0.05, 0) is 37.4 Å². The molecule has 1 aromatic rings. The topological polar surface area (TPSA) is 41.1 Å². The standard InChI is InChI=1S/C16H22F2N2O/c1-2-11-5-4-8-19-15(11)10-20-16(21)9-12-13(17)6-3-7-14(12)18/h3,6-7,11,15,19H,2,4-5,8-10H2,1H3,(H,20,21). The van der Waals surface area contributed by atoms with Crippen LogP contribution >= 0.6 is 0 Å². The fourth-order valence-corrected chi connectivity index (χ4v) is 2.90. The first-order valence-electron chi connectivity index (χ1n) is 7.54. The van der Waals surface area contributed by atoms with Crippen LogP contribution in [0.4, 0.5) is 8.78 Å². The number of rotatable bonds is 5. The van der Waals surface area contributed by atoms with Gasteiger partial charge in [-0.3, -0.25) is 4.79 Å². The second-order valence-corrected chi connectivity index (χ2v) is 5.55. The molecule has 2 atom stereocenters. The van der Waals surface area contributed by atoms with Crippen LogP contribution < -0.4 is 10.6 Å². The first-order chi connectivity index (χ1) is 10.1. The summed E-state index contributed by atoms with van der Waals surface area (Å²) >= 11 is 0. The summed E-state index contributed by atoms with van der Waals surface area (Å²) in [6.45, 7) is 3.60. The highest BCUT2D eigenvalue weighted by atomic mass is 19.1. The zero-order valence-corrected chi connectivity index (χ0v) is 12.3. The first kappa shape index (κ1) is 15.9. The Morgan fingerprint density at radius 2 is 2.10 bits per heavy atom. The van der Waals surface area contributed by atoms with Gasteiger partial charge in [-0.15, -0.1) is 0 Å². The lowest BCUT2D eigenvalue weighted by Crippen LogP contribution is -2.48. The number of hydrogen-bond donors (Lipinski definition) is 2. The molecule has 1 saturated heterocycles. The maximum absolute atomic E-state index is 13.5. The molecular formula is C16H22F2N2O. The summed E-state index contributed by atoms with van der Waals surface area (Å²) in [5.41, 5.74) is -0.168. The second kappa shape index (κ2) is 7.50. The van der Waals surface area contributed by atoms with Crippen molar-refractivity contribution in [3.05, 3.63) is 35.4 Å². The Balaban J connectivity index is 1.87. The van der Waals surface area contributed by atoms with Crippen LogP contribution in [0.1, 0.15) is 31.7 Å². The van der Waals surface area contributed by atoms with Crippen molar-refractivity contribution in [3.8, 4) is 0 Å². The van der Waals surface area contributed by atoms with E-state index in [4.69, 9.17) is 0 Å². The maximum atomic E-state index is 13.5. The predicted molar refractivity (Wildman–Crippen MR) is 77.9 cm³/mol. The van der Waals surface area contributed by atoms with Crippen LogP contribution in [0.5, 0.6) is 0 Å². The van der Waals surface area contributed by atoms with Gasteiger partial charge >= 0.3 is 0 Å². The highest BCUT2D eigenvalue weighted by Crippen LogP contribution is 2.19. The Kier molecular flexibility index (Phi) is 5.67. The molecule has 0 aromatic heterocycles. The van der Waals surface area contributed by atoms with E-state index in [1.54, 1.807) is 0 Å². The van der Waals surface area contributed by atoms with E-state index in [9.17, 15) is 13.6 Å². The SMILES string of the molecule is CCC1CCCNC1CNC(=O)Cc1c(F)cccc1F. The van der Waals surface area contributed by atoms with E-state index >= 15 is 0 Å². The Morgan fingerprint density at radius 3 is 2.76 bits per heavy atom. The molecule has 0 spiro atoms. The van der Waals surface area contributed by atoms with Crippen molar-refractivity contribution in [2.45, 2.75) is 38.6 Å². The molecule has 2 unspecified atom stereocenters. The van der Waals surface area contributed by atoms with E-state index in [2.05, 4.69) is 17.6 Å². The Bertz CT molecular complexity index is 473. The van der Waals surface area contributed by atoms with E-state index in [1.165, 1.54) is 18.2 Å². The van der Waals surface area contributed by atoms with Crippen LogP contribution in [-0.2, 0) is 11.2 Å². The van der Waals surface area contributed by atoms with Gasteiger partial charge < -0.3 is 10.6 Å². The van der Waals surface area contributed by atoms with Crippen LogP contribution in [0.15, 0.2) is 18.2 Å². The van der Waals surface area contributed by atoms with Gasteiger partial charge in [0.05, 0.1) is 6.42 Å². The zero-order chi connectivity index (χ0) is 15.2. The average molecular weight is 296 g/mol. The number of nitrogens with one attached hydrogen (secondary N) is 2. The third-order valence-corrected chi connectivity index (χ3v) is 4.17. The number of hydrogen-bond acceptors (Lipinski definition) is 2. The van der Waals surface area contributed by atoms with Crippen molar-refractivity contribution < 1.29 is 13.6 Å². The number of carbonyl (C=O) groups excluding carboxylic acids is 1. The van der Waals surface area contributed by atoms with Crippen molar-refractivity contribution in [1.82, 2.24) is 10.6 Å². The largest absolute Gasteiger partial charge is 0.354 e. The molecule has 1 aliphatic heterocycles. The minimum absolute atomic E-state index is 0.168. The van der Waals surface area contributed by atoms with Crippen LogP contribution in [0.2, 0.25) is 0 Å². The van der Waals surface area contributed by atoms with Gasteiger partial charge in [0.15, 0.2) is 0 Å². The van der Waals surface area contributed by atoms with Crippen molar-refractivity contribution in [2.75, 3.05) is 13.1 Å². The molecule has 1 aromatic carbocycles. The molecule has 21 heavy (non-hydrogen) atoms. The lowest BCUT2D eigenvalue weighted by atomic mass is 9.88. The Labute approximate surface area is 124 Å². The fourth-order valence-electron chi connectivity index (χ4n) is 2.90. The summed E-state index contributed by atoms with van der Waals surface area (Å²) in [4.78, 5) is 11.9. The van der Waals surface area contributed by atoms with Crippen LogP contribution in [0.3, 0.4) is 0 Å². The fraction of sp³-hybridized carbons (Fsp3) is 0.562. The second-order valence-electron chi connectivity index (χ2n) is 5.55. The molecule has 1 heterocycles. The van der Waals surface area contributed by atoms with Crippen LogP contribution in [-0.4, -0.2) is 25.0 Å². The number of halogens is 2. The summed E-state index contributed by atoms with van der Waals surface area (Å²) in [6, 6.07) is 3.88. The number of amides is 1. The van der Waals surface area contributed by atoms with Crippen molar-refractivity contribution in [3.63, 3.8) is 0 Å². The molecule has 2 rings (SSSR count). The van der Waals surface area contributed by atoms with E-state index in [0.717, 1.165) is 25.8 Å². The van der Waals surface area contributed by atoms with Crippen LogP contribution in [0, 0.1) is 17.6 Å². The number of carbonyl (C=O) groups is 1. The van der Waals surface area contributed by atoms with Crippen molar-refractivity contribution in [2.24, 2.45) is 5.92 Å². The minimum atomic E-state index is -0.674. The lowest BCUT2D eigenvalue weighted by molar-refractivity contribution is -0.120.